The fourth-order valence-electron chi connectivity index (χ4n) is 2.08. The summed E-state index contributed by atoms with van der Waals surface area (Å²) in [6.07, 6.45) is 0.863. The van der Waals surface area contributed by atoms with Crippen LogP contribution < -0.4 is 0 Å². The topological polar surface area (TPSA) is 57.6 Å². The number of amides is 2. The Kier molecular flexibility index (Phi) is 3.73. The number of carbonyl (C=O) groups excluding carboxylic acids is 2. The minimum absolute atomic E-state index is 0.130. The Balaban J connectivity index is 2.99. The Morgan fingerprint density at radius 2 is 2.00 bits per heavy atom. The number of hydrogen-bond acceptors (Lipinski definition) is 3. The van der Waals surface area contributed by atoms with E-state index in [0.29, 0.717) is 6.42 Å². The van der Waals surface area contributed by atoms with Gasteiger partial charge in [0, 0.05) is 6.42 Å². The van der Waals surface area contributed by atoms with E-state index in [1.807, 2.05) is 27.7 Å². The fourth-order valence-corrected chi connectivity index (χ4v) is 2.08. The molecule has 2 amide bonds. The molecule has 2 atom stereocenters. The van der Waals surface area contributed by atoms with Gasteiger partial charge in [-0.05, 0) is 19.3 Å². The smallest absolute Gasteiger partial charge is 0.236 e. The minimum Gasteiger partial charge on any atom is -0.394 e. The molecular weight excluding hydrogens is 206 g/mol. The molecule has 16 heavy (non-hydrogen) atoms. The molecule has 0 aromatic carbocycles. The van der Waals surface area contributed by atoms with Crippen LogP contribution in [-0.2, 0) is 9.59 Å². The molecule has 0 spiro atoms. The van der Waals surface area contributed by atoms with Crippen molar-refractivity contribution in [2.24, 2.45) is 11.3 Å². The summed E-state index contributed by atoms with van der Waals surface area (Å²) in [6, 6.07) is -0.361. The Morgan fingerprint density at radius 1 is 1.44 bits per heavy atom. The first-order chi connectivity index (χ1) is 7.38. The SMILES string of the molecule is CC[C@H](CO)N1C(=O)CC(C)(C(C)C)C1=O. The van der Waals surface area contributed by atoms with Gasteiger partial charge in [0.2, 0.25) is 11.8 Å². The van der Waals surface area contributed by atoms with Crippen molar-refractivity contribution in [2.75, 3.05) is 6.61 Å². The Labute approximate surface area is 96.6 Å². The predicted octanol–water partition coefficient (Wildman–Crippen LogP) is 1.18. The van der Waals surface area contributed by atoms with Gasteiger partial charge in [0.05, 0.1) is 18.1 Å². The van der Waals surface area contributed by atoms with E-state index < -0.39 is 5.41 Å². The third kappa shape index (κ3) is 1.86. The Bertz CT molecular complexity index is 297. The number of hydrogen-bond donors (Lipinski definition) is 1. The number of aliphatic hydroxyl groups is 1. The van der Waals surface area contributed by atoms with E-state index in [1.54, 1.807) is 0 Å². The molecule has 0 aromatic heterocycles. The molecule has 1 saturated heterocycles. The zero-order chi connectivity index (χ0) is 12.5. The second-order valence-corrected chi connectivity index (χ2v) is 5.06. The third-order valence-electron chi connectivity index (χ3n) is 3.82. The van der Waals surface area contributed by atoms with Crippen LogP contribution in [0.2, 0.25) is 0 Å². The van der Waals surface area contributed by atoms with Crippen LogP contribution in [0.5, 0.6) is 0 Å². The summed E-state index contributed by atoms with van der Waals surface area (Å²) in [5.41, 5.74) is -0.598. The van der Waals surface area contributed by atoms with Gasteiger partial charge < -0.3 is 5.11 Å². The van der Waals surface area contributed by atoms with Crippen molar-refractivity contribution in [3.05, 3.63) is 0 Å². The normalized spacial score (nSPS) is 28.0. The zero-order valence-corrected chi connectivity index (χ0v) is 10.5. The van der Waals surface area contributed by atoms with E-state index in [1.165, 1.54) is 4.90 Å². The maximum absolute atomic E-state index is 12.2. The van der Waals surface area contributed by atoms with E-state index in [9.17, 15) is 14.7 Å². The quantitative estimate of drug-likeness (QED) is 0.734. The largest absolute Gasteiger partial charge is 0.394 e. The van der Waals surface area contributed by atoms with E-state index in [-0.39, 0.29) is 36.8 Å². The molecule has 0 saturated carbocycles. The highest BCUT2D eigenvalue weighted by Gasteiger charge is 2.51. The lowest BCUT2D eigenvalue weighted by atomic mass is 9.78. The molecule has 1 fully saturated rings. The third-order valence-corrected chi connectivity index (χ3v) is 3.82. The number of aliphatic hydroxyl groups excluding tert-OH is 1. The molecule has 1 N–H and O–H groups in total. The van der Waals surface area contributed by atoms with E-state index in [4.69, 9.17) is 0 Å². The van der Waals surface area contributed by atoms with Crippen molar-refractivity contribution in [1.82, 2.24) is 4.90 Å². The molecule has 1 unspecified atom stereocenters. The molecule has 0 aliphatic carbocycles. The van der Waals surface area contributed by atoms with Gasteiger partial charge in [-0.2, -0.15) is 0 Å². The van der Waals surface area contributed by atoms with Crippen molar-refractivity contribution < 1.29 is 14.7 Å². The van der Waals surface area contributed by atoms with Gasteiger partial charge >= 0.3 is 0 Å². The minimum atomic E-state index is -0.598. The standard InChI is InChI=1S/C12H21NO3/c1-5-9(7-14)13-10(15)6-12(4,8(2)3)11(13)16/h8-9,14H,5-7H2,1-4H3/t9-,12?/m1/s1. The summed E-state index contributed by atoms with van der Waals surface area (Å²) in [7, 11) is 0. The summed E-state index contributed by atoms with van der Waals surface area (Å²) in [6.45, 7) is 7.46. The highest BCUT2D eigenvalue weighted by molar-refractivity contribution is 6.06. The summed E-state index contributed by atoms with van der Waals surface area (Å²) >= 11 is 0. The van der Waals surface area contributed by atoms with Crippen molar-refractivity contribution in [3.8, 4) is 0 Å². The summed E-state index contributed by atoms with van der Waals surface area (Å²) in [5.74, 6) is -0.152. The molecule has 1 rings (SSSR count). The van der Waals surface area contributed by atoms with Crippen molar-refractivity contribution in [1.29, 1.82) is 0 Å². The Morgan fingerprint density at radius 3 is 2.31 bits per heavy atom. The first-order valence-corrected chi connectivity index (χ1v) is 5.85. The zero-order valence-electron chi connectivity index (χ0n) is 10.5. The van der Waals surface area contributed by atoms with Gasteiger partial charge in [-0.25, -0.2) is 0 Å². The van der Waals surface area contributed by atoms with Crippen molar-refractivity contribution in [2.45, 2.75) is 46.6 Å². The van der Waals surface area contributed by atoms with Gasteiger partial charge in [0.1, 0.15) is 0 Å². The number of carbonyl (C=O) groups is 2. The molecule has 0 bridgehead atoms. The van der Waals surface area contributed by atoms with Gasteiger partial charge in [0.25, 0.3) is 0 Å². The van der Waals surface area contributed by atoms with Crippen LogP contribution in [0.25, 0.3) is 0 Å². The number of rotatable bonds is 4. The molecular formula is C12H21NO3. The highest BCUT2D eigenvalue weighted by Crippen LogP contribution is 2.40. The van der Waals surface area contributed by atoms with E-state index in [2.05, 4.69) is 0 Å². The van der Waals surface area contributed by atoms with Crippen LogP contribution in [0.3, 0.4) is 0 Å². The van der Waals surface area contributed by atoms with Crippen LogP contribution >= 0.6 is 0 Å². The second kappa shape index (κ2) is 4.53. The van der Waals surface area contributed by atoms with E-state index in [0.717, 1.165) is 0 Å². The number of likely N-dealkylation sites (tertiary alicyclic amines) is 1. The van der Waals surface area contributed by atoms with Gasteiger partial charge in [-0.15, -0.1) is 0 Å². The van der Waals surface area contributed by atoms with Crippen molar-refractivity contribution in [3.63, 3.8) is 0 Å². The number of nitrogens with zero attached hydrogens (tertiary/aromatic N) is 1. The molecule has 4 heteroatoms. The van der Waals surface area contributed by atoms with Crippen LogP contribution in [0.1, 0.15) is 40.5 Å². The Hall–Kier alpha value is -0.900. The molecule has 0 aromatic rings. The molecule has 1 heterocycles. The lowest BCUT2D eigenvalue weighted by Gasteiger charge is -2.29. The summed E-state index contributed by atoms with van der Waals surface area (Å²) < 4.78 is 0. The summed E-state index contributed by atoms with van der Waals surface area (Å²) in [5, 5.41) is 9.18. The van der Waals surface area contributed by atoms with Gasteiger partial charge in [0.15, 0.2) is 0 Å². The second-order valence-electron chi connectivity index (χ2n) is 5.06. The predicted molar refractivity (Wildman–Crippen MR) is 60.6 cm³/mol. The van der Waals surface area contributed by atoms with Gasteiger partial charge in [-0.1, -0.05) is 20.8 Å². The average Bonchev–Trinajstić information content (AvgIpc) is 2.44. The van der Waals surface area contributed by atoms with Crippen LogP contribution in [0.4, 0.5) is 0 Å². The van der Waals surface area contributed by atoms with Crippen molar-refractivity contribution >= 4 is 11.8 Å². The fraction of sp³-hybridized carbons (Fsp3) is 0.833. The molecule has 1 aliphatic heterocycles. The molecule has 0 radical (unpaired) electrons. The highest BCUT2D eigenvalue weighted by atomic mass is 16.3. The first kappa shape index (κ1) is 13.2. The lowest BCUT2D eigenvalue weighted by Crippen LogP contribution is -2.44. The van der Waals surface area contributed by atoms with Crippen LogP contribution in [0, 0.1) is 11.3 Å². The first-order valence-electron chi connectivity index (χ1n) is 5.85. The van der Waals surface area contributed by atoms with Crippen LogP contribution in [0.15, 0.2) is 0 Å². The monoisotopic (exact) mass is 227 g/mol. The molecule has 92 valence electrons. The molecule has 1 aliphatic rings. The maximum atomic E-state index is 12.2. The lowest BCUT2D eigenvalue weighted by molar-refractivity contribution is -0.145. The van der Waals surface area contributed by atoms with Gasteiger partial charge in [-0.3, -0.25) is 14.5 Å². The van der Waals surface area contributed by atoms with E-state index >= 15 is 0 Å². The number of imide groups is 1. The molecule has 4 nitrogen and oxygen atoms in total. The summed E-state index contributed by atoms with van der Waals surface area (Å²) in [4.78, 5) is 25.4. The maximum Gasteiger partial charge on any atom is 0.236 e. The van der Waals surface area contributed by atoms with Crippen LogP contribution in [-0.4, -0.2) is 34.5 Å². The average molecular weight is 227 g/mol.